The molecule has 1 amide bonds. The van der Waals surface area contributed by atoms with E-state index in [0.717, 1.165) is 45.8 Å². The summed E-state index contributed by atoms with van der Waals surface area (Å²) < 4.78 is 5.16. The van der Waals surface area contributed by atoms with Gasteiger partial charge in [0, 0.05) is 39.8 Å². The Balaban J connectivity index is 1.72. The Hall–Kier alpha value is -1.39. The van der Waals surface area contributed by atoms with Crippen molar-refractivity contribution in [3.05, 3.63) is 35.4 Å². The maximum absolute atomic E-state index is 13.4. The molecule has 2 fully saturated rings. The van der Waals surface area contributed by atoms with E-state index >= 15 is 0 Å². The van der Waals surface area contributed by atoms with Crippen molar-refractivity contribution >= 4 is 5.91 Å². The highest BCUT2D eigenvalue weighted by Crippen LogP contribution is 2.65. The molecule has 132 valence electrons. The highest BCUT2D eigenvalue weighted by atomic mass is 16.5. The maximum atomic E-state index is 13.4. The van der Waals surface area contributed by atoms with Crippen LogP contribution in [0.25, 0.3) is 0 Å². The van der Waals surface area contributed by atoms with Crippen molar-refractivity contribution in [1.29, 1.82) is 0 Å². The number of hydrogen-bond acceptors (Lipinski definition) is 3. The third-order valence-corrected chi connectivity index (χ3v) is 5.92. The second kappa shape index (κ2) is 6.49. The second-order valence-corrected chi connectivity index (χ2v) is 7.96. The van der Waals surface area contributed by atoms with Crippen molar-refractivity contribution in [3.8, 4) is 0 Å². The Bertz CT molecular complexity index is 588. The van der Waals surface area contributed by atoms with Gasteiger partial charge in [0.05, 0.1) is 12.0 Å². The SMILES string of the molecule is COCCN1CCN(C(=O)[C@@]2(c3ccc(C)cc3)CC2(C)C)CC1. The van der Waals surface area contributed by atoms with E-state index in [-0.39, 0.29) is 10.8 Å². The largest absolute Gasteiger partial charge is 0.383 e. The monoisotopic (exact) mass is 330 g/mol. The zero-order valence-corrected chi connectivity index (χ0v) is 15.5. The predicted molar refractivity (Wildman–Crippen MR) is 96.2 cm³/mol. The summed E-state index contributed by atoms with van der Waals surface area (Å²) in [5, 5.41) is 0. The second-order valence-electron chi connectivity index (χ2n) is 7.96. The van der Waals surface area contributed by atoms with E-state index in [1.54, 1.807) is 7.11 Å². The first-order valence-corrected chi connectivity index (χ1v) is 8.98. The number of nitrogens with zero attached hydrogens (tertiary/aromatic N) is 2. The van der Waals surface area contributed by atoms with E-state index in [2.05, 4.69) is 54.8 Å². The normalized spacial score (nSPS) is 26.4. The molecule has 1 saturated carbocycles. The Morgan fingerprint density at radius 2 is 1.71 bits per heavy atom. The minimum absolute atomic E-state index is 0.0481. The number of aryl methyl sites for hydroxylation is 1. The number of amides is 1. The average molecular weight is 330 g/mol. The molecule has 4 heteroatoms. The first kappa shape index (κ1) is 17.4. The van der Waals surface area contributed by atoms with Crippen LogP contribution in [0.4, 0.5) is 0 Å². The van der Waals surface area contributed by atoms with E-state index in [1.807, 2.05) is 0 Å². The molecule has 24 heavy (non-hydrogen) atoms. The third-order valence-electron chi connectivity index (χ3n) is 5.92. The van der Waals surface area contributed by atoms with Crippen LogP contribution in [0, 0.1) is 12.3 Å². The van der Waals surface area contributed by atoms with Crippen molar-refractivity contribution in [2.24, 2.45) is 5.41 Å². The van der Waals surface area contributed by atoms with Crippen LogP contribution in [0.3, 0.4) is 0 Å². The molecule has 1 aliphatic heterocycles. The smallest absolute Gasteiger partial charge is 0.233 e. The minimum atomic E-state index is -0.324. The molecule has 3 rings (SSSR count). The maximum Gasteiger partial charge on any atom is 0.233 e. The first-order chi connectivity index (χ1) is 11.4. The molecule has 0 spiro atoms. The number of hydrogen-bond donors (Lipinski definition) is 0. The number of benzene rings is 1. The van der Waals surface area contributed by atoms with E-state index in [0.29, 0.717) is 5.91 Å². The van der Waals surface area contributed by atoms with Gasteiger partial charge in [0.2, 0.25) is 5.91 Å². The van der Waals surface area contributed by atoms with Crippen molar-refractivity contribution in [2.75, 3.05) is 46.4 Å². The number of ether oxygens (including phenoxy) is 1. The van der Waals surface area contributed by atoms with E-state index in [9.17, 15) is 4.79 Å². The molecule has 0 unspecified atom stereocenters. The van der Waals surface area contributed by atoms with Gasteiger partial charge in [0.15, 0.2) is 0 Å². The molecule has 1 atom stereocenters. The van der Waals surface area contributed by atoms with Crippen molar-refractivity contribution < 1.29 is 9.53 Å². The number of carbonyl (C=O) groups is 1. The minimum Gasteiger partial charge on any atom is -0.383 e. The van der Waals surface area contributed by atoms with Gasteiger partial charge < -0.3 is 9.64 Å². The lowest BCUT2D eigenvalue weighted by Gasteiger charge is -2.37. The number of carbonyl (C=O) groups excluding carboxylic acids is 1. The zero-order chi connectivity index (χ0) is 17.4. The van der Waals surface area contributed by atoms with Gasteiger partial charge >= 0.3 is 0 Å². The molecule has 0 N–H and O–H groups in total. The Morgan fingerprint density at radius 1 is 1.12 bits per heavy atom. The highest BCUT2D eigenvalue weighted by Gasteiger charge is 2.67. The summed E-state index contributed by atoms with van der Waals surface area (Å²) in [5.74, 6) is 0.322. The van der Waals surface area contributed by atoms with Crippen LogP contribution in [0.1, 0.15) is 31.4 Å². The molecule has 1 aromatic carbocycles. The fraction of sp³-hybridized carbons (Fsp3) is 0.650. The Morgan fingerprint density at radius 3 is 2.21 bits per heavy atom. The summed E-state index contributed by atoms with van der Waals surface area (Å²) in [4.78, 5) is 17.8. The van der Waals surface area contributed by atoms with Gasteiger partial charge in [-0.15, -0.1) is 0 Å². The molecule has 1 heterocycles. The zero-order valence-electron chi connectivity index (χ0n) is 15.5. The van der Waals surface area contributed by atoms with Gasteiger partial charge in [-0.25, -0.2) is 0 Å². The molecule has 0 bridgehead atoms. The van der Waals surface area contributed by atoms with Crippen molar-refractivity contribution in [1.82, 2.24) is 9.80 Å². The third kappa shape index (κ3) is 2.98. The molecule has 1 saturated heterocycles. The quantitative estimate of drug-likeness (QED) is 0.831. The lowest BCUT2D eigenvalue weighted by atomic mass is 9.86. The molecule has 0 radical (unpaired) electrons. The van der Waals surface area contributed by atoms with Crippen molar-refractivity contribution in [2.45, 2.75) is 32.6 Å². The lowest BCUT2D eigenvalue weighted by Crippen LogP contribution is -2.52. The van der Waals surface area contributed by atoms with Crippen molar-refractivity contribution in [3.63, 3.8) is 0 Å². The van der Waals surface area contributed by atoms with Gasteiger partial charge in [-0.2, -0.15) is 0 Å². The molecular formula is C20H30N2O2. The fourth-order valence-corrected chi connectivity index (χ4v) is 4.10. The molecule has 4 nitrogen and oxygen atoms in total. The van der Waals surface area contributed by atoms with Gasteiger partial charge in [0.1, 0.15) is 0 Å². The number of methoxy groups -OCH3 is 1. The topological polar surface area (TPSA) is 32.8 Å². The summed E-state index contributed by atoms with van der Waals surface area (Å²) in [5.41, 5.74) is 2.15. The van der Waals surface area contributed by atoms with Crippen LogP contribution in [0.2, 0.25) is 0 Å². The lowest BCUT2D eigenvalue weighted by molar-refractivity contribution is -0.136. The van der Waals surface area contributed by atoms with Crippen LogP contribution in [-0.2, 0) is 14.9 Å². The van der Waals surface area contributed by atoms with Gasteiger partial charge in [-0.1, -0.05) is 43.7 Å². The summed E-state index contributed by atoms with van der Waals surface area (Å²) in [6.07, 6.45) is 0.950. The van der Waals surface area contributed by atoms with Crippen LogP contribution >= 0.6 is 0 Å². The molecule has 1 aromatic rings. The van der Waals surface area contributed by atoms with E-state index in [4.69, 9.17) is 4.74 Å². The van der Waals surface area contributed by atoms with Crippen LogP contribution in [0.15, 0.2) is 24.3 Å². The number of piperazine rings is 1. The predicted octanol–water partition coefficient (Wildman–Crippen LogP) is 2.45. The molecule has 2 aliphatic rings. The summed E-state index contributed by atoms with van der Waals surface area (Å²) in [6.45, 7) is 11.8. The van der Waals surface area contributed by atoms with E-state index < -0.39 is 0 Å². The Labute approximate surface area is 145 Å². The molecule has 1 aliphatic carbocycles. The number of rotatable bonds is 5. The summed E-state index contributed by atoms with van der Waals surface area (Å²) >= 11 is 0. The van der Waals surface area contributed by atoms with Crippen LogP contribution in [0.5, 0.6) is 0 Å². The first-order valence-electron chi connectivity index (χ1n) is 8.98. The fourth-order valence-electron chi connectivity index (χ4n) is 4.10. The Kier molecular flexibility index (Phi) is 4.71. The summed E-state index contributed by atoms with van der Waals surface area (Å²) in [6, 6.07) is 8.55. The average Bonchev–Trinajstić information content (AvgIpc) is 3.17. The standard InChI is InChI=1S/C20H30N2O2/c1-16-5-7-17(8-6-16)20(15-19(20,2)3)18(23)22-11-9-21(10-12-22)13-14-24-4/h5-8H,9-15H2,1-4H3/t20-/m0/s1. The van der Waals surface area contributed by atoms with Gasteiger partial charge in [0.25, 0.3) is 0 Å². The van der Waals surface area contributed by atoms with Crippen LogP contribution in [-0.4, -0.2) is 62.1 Å². The van der Waals surface area contributed by atoms with E-state index in [1.165, 1.54) is 11.1 Å². The summed E-state index contributed by atoms with van der Waals surface area (Å²) in [7, 11) is 1.74. The van der Waals surface area contributed by atoms with Crippen LogP contribution < -0.4 is 0 Å². The van der Waals surface area contributed by atoms with Gasteiger partial charge in [-0.3, -0.25) is 9.69 Å². The highest BCUT2D eigenvalue weighted by molar-refractivity contribution is 5.93. The van der Waals surface area contributed by atoms with Gasteiger partial charge in [-0.05, 0) is 24.3 Å². The molecule has 0 aromatic heterocycles. The molecular weight excluding hydrogens is 300 g/mol.